The number of anilines is 1. The molecule has 0 saturated carbocycles. The van der Waals surface area contributed by atoms with Crippen LogP contribution in [0, 0.1) is 0 Å². The lowest BCUT2D eigenvalue weighted by molar-refractivity contribution is 0.467. The van der Waals surface area contributed by atoms with E-state index in [0.717, 1.165) is 12.0 Å². The van der Waals surface area contributed by atoms with Gasteiger partial charge in [0.05, 0.1) is 5.75 Å². The first kappa shape index (κ1) is 13.0. The minimum Gasteiger partial charge on any atom is -0.399 e. The zero-order valence-corrected chi connectivity index (χ0v) is 10.5. The van der Waals surface area contributed by atoms with E-state index in [1.165, 1.54) is 4.31 Å². The Morgan fingerprint density at radius 3 is 2.31 bits per heavy atom. The molecule has 16 heavy (non-hydrogen) atoms. The summed E-state index contributed by atoms with van der Waals surface area (Å²) in [6, 6.07) is 6.91. The van der Waals surface area contributed by atoms with E-state index in [9.17, 15) is 8.42 Å². The number of benzene rings is 1. The minimum atomic E-state index is -3.20. The highest BCUT2D eigenvalue weighted by Gasteiger charge is 2.17. The van der Waals surface area contributed by atoms with Crippen molar-refractivity contribution in [2.75, 3.05) is 19.3 Å². The van der Waals surface area contributed by atoms with Crippen molar-refractivity contribution in [1.82, 2.24) is 4.31 Å². The highest BCUT2D eigenvalue weighted by molar-refractivity contribution is 7.88. The third kappa shape index (κ3) is 3.50. The van der Waals surface area contributed by atoms with Crippen LogP contribution in [-0.2, 0) is 15.8 Å². The smallest absolute Gasteiger partial charge is 0.218 e. The van der Waals surface area contributed by atoms with E-state index < -0.39 is 10.0 Å². The first-order valence-electron chi connectivity index (χ1n) is 5.24. The molecule has 0 aromatic heterocycles. The van der Waals surface area contributed by atoms with Crippen LogP contribution in [0.5, 0.6) is 0 Å². The van der Waals surface area contributed by atoms with Gasteiger partial charge < -0.3 is 5.73 Å². The van der Waals surface area contributed by atoms with E-state index in [2.05, 4.69) is 0 Å². The van der Waals surface area contributed by atoms with E-state index in [1.54, 1.807) is 31.3 Å². The van der Waals surface area contributed by atoms with Gasteiger partial charge >= 0.3 is 0 Å². The molecule has 1 rings (SSSR count). The maximum absolute atomic E-state index is 11.9. The fraction of sp³-hybridized carbons (Fsp3) is 0.455. The molecule has 4 nitrogen and oxygen atoms in total. The number of nitrogens with two attached hydrogens (primary N) is 1. The molecule has 1 aromatic rings. The van der Waals surface area contributed by atoms with Crippen molar-refractivity contribution in [2.45, 2.75) is 19.1 Å². The zero-order chi connectivity index (χ0) is 12.2. The summed E-state index contributed by atoms with van der Waals surface area (Å²) in [6.07, 6.45) is 0.817. The van der Waals surface area contributed by atoms with E-state index in [-0.39, 0.29) is 5.75 Å². The number of nitrogen functional groups attached to an aromatic ring is 1. The Hall–Kier alpha value is -1.07. The number of nitrogens with zero attached hydrogens (tertiary/aromatic N) is 1. The van der Waals surface area contributed by atoms with Crippen LogP contribution in [0.1, 0.15) is 18.9 Å². The number of hydrogen-bond acceptors (Lipinski definition) is 3. The van der Waals surface area contributed by atoms with E-state index in [0.29, 0.717) is 12.2 Å². The first-order chi connectivity index (χ1) is 7.45. The minimum absolute atomic E-state index is 0.0315. The van der Waals surface area contributed by atoms with Crippen molar-refractivity contribution in [1.29, 1.82) is 0 Å². The van der Waals surface area contributed by atoms with Crippen molar-refractivity contribution in [3.05, 3.63) is 29.8 Å². The Labute approximate surface area is 97.1 Å². The van der Waals surface area contributed by atoms with Gasteiger partial charge in [-0.1, -0.05) is 19.1 Å². The first-order valence-corrected chi connectivity index (χ1v) is 6.85. The summed E-state index contributed by atoms with van der Waals surface area (Å²) in [6.45, 7) is 2.51. The second-order valence-corrected chi connectivity index (χ2v) is 5.90. The van der Waals surface area contributed by atoms with Gasteiger partial charge in [0.15, 0.2) is 0 Å². The quantitative estimate of drug-likeness (QED) is 0.795. The normalized spacial score (nSPS) is 11.9. The maximum Gasteiger partial charge on any atom is 0.218 e. The topological polar surface area (TPSA) is 63.4 Å². The Morgan fingerprint density at radius 1 is 1.25 bits per heavy atom. The molecule has 0 amide bonds. The van der Waals surface area contributed by atoms with Gasteiger partial charge in [0, 0.05) is 19.3 Å². The predicted molar refractivity (Wildman–Crippen MR) is 66.4 cm³/mol. The highest BCUT2D eigenvalue weighted by atomic mass is 32.2. The standard InChI is InChI=1S/C11H18N2O2S/c1-3-8-13(2)16(14,15)9-10-4-6-11(12)7-5-10/h4-7H,3,8-9,12H2,1-2H3. The second-order valence-electron chi connectivity index (χ2n) is 3.82. The lowest BCUT2D eigenvalue weighted by Crippen LogP contribution is -2.28. The van der Waals surface area contributed by atoms with E-state index >= 15 is 0 Å². The average Bonchev–Trinajstić information content (AvgIpc) is 2.21. The van der Waals surface area contributed by atoms with E-state index in [1.807, 2.05) is 6.92 Å². The van der Waals surface area contributed by atoms with Crippen LogP contribution >= 0.6 is 0 Å². The van der Waals surface area contributed by atoms with Crippen LogP contribution in [0.15, 0.2) is 24.3 Å². The lowest BCUT2D eigenvalue weighted by atomic mass is 10.2. The molecule has 0 aliphatic heterocycles. The van der Waals surface area contributed by atoms with Gasteiger partial charge in [-0.25, -0.2) is 12.7 Å². The molecule has 0 spiro atoms. The molecule has 0 atom stereocenters. The Balaban J connectivity index is 2.76. The van der Waals surface area contributed by atoms with Gasteiger partial charge in [0.25, 0.3) is 0 Å². The monoisotopic (exact) mass is 242 g/mol. The summed E-state index contributed by atoms with van der Waals surface area (Å²) in [5.74, 6) is 0.0315. The molecule has 0 aliphatic rings. The maximum atomic E-state index is 11.9. The predicted octanol–water partition coefficient (Wildman–Crippen LogP) is 1.44. The molecule has 0 heterocycles. The Kier molecular flexibility index (Phi) is 4.32. The summed E-state index contributed by atoms with van der Waals surface area (Å²) in [5, 5.41) is 0. The van der Waals surface area contributed by atoms with Crippen LogP contribution in [0.3, 0.4) is 0 Å². The van der Waals surface area contributed by atoms with Crippen LogP contribution < -0.4 is 5.73 Å². The van der Waals surface area contributed by atoms with Crippen LogP contribution in [0.2, 0.25) is 0 Å². The van der Waals surface area contributed by atoms with Crippen molar-refractivity contribution >= 4 is 15.7 Å². The van der Waals surface area contributed by atoms with Gasteiger partial charge in [0.2, 0.25) is 10.0 Å². The SMILES string of the molecule is CCCN(C)S(=O)(=O)Cc1ccc(N)cc1. The van der Waals surface area contributed by atoms with Crippen molar-refractivity contribution < 1.29 is 8.42 Å². The summed E-state index contributed by atoms with van der Waals surface area (Å²) in [4.78, 5) is 0. The summed E-state index contributed by atoms with van der Waals surface area (Å²) < 4.78 is 25.1. The molecule has 90 valence electrons. The third-order valence-electron chi connectivity index (χ3n) is 2.34. The van der Waals surface area contributed by atoms with Crippen LogP contribution in [0.4, 0.5) is 5.69 Å². The summed E-state index contributed by atoms with van der Waals surface area (Å²) in [7, 11) is -1.59. The molecule has 2 N–H and O–H groups in total. The van der Waals surface area contributed by atoms with Crippen LogP contribution in [-0.4, -0.2) is 26.3 Å². The molecule has 0 unspecified atom stereocenters. The molecule has 0 bridgehead atoms. The zero-order valence-electron chi connectivity index (χ0n) is 9.68. The summed E-state index contributed by atoms with van der Waals surface area (Å²) >= 11 is 0. The Bertz CT molecular complexity index is 426. The van der Waals surface area contributed by atoms with Gasteiger partial charge in [-0.15, -0.1) is 0 Å². The van der Waals surface area contributed by atoms with Gasteiger partial charge in [-0.3, -0.25) is 0 Å². The molecule has 1 aromatic carbocycles. The average molecular weight is 242 g/mol. The molecular weight excluding hydrogens is 224 g/mol. The third-order valence-corrected chi connectivity index (χ3v) is 4.17. The molecule has 5 heteroatoms. The number of sulfonamides is 1. The molecule has 0 fully saturated rings. The fourth-order valence-corrected chi connectivity index (χ4v) is 2.68. The molecule has 0 aliphatic carbocycles. The molecular formula is C11H18N2O2S. The van der Waals surface area contributed by atoms with Gasteiger partial charge in [-0.05, 0) is 24.1 Å². The van der Waals surface area contributed by atoms with Crippen molar-refractivity contribution in [3.63, 3.8) is 0 Å². The summed E-state index contributed by atoms with van der Waals surface area (Å²) in [5.41, 5.74) is 6.94. The highest BCUT2D eigenvalue weighted by Crippen LogP contribution is 2.11. The molecule has 0 saturated heterocycles. The van der Waals surface area contributed by atoms with Gasteiger partial charge in [-0.2, -0.15) is 0 Å². The largest absolute Gasteiger partial charge is 0.399 e. The van der Waals surface area contributed by atoms with E-state index in [4.69, 9.17) is 5.73 Å². The second kappa shape index (κ2) is 5.32. The number of rotatable bonds is 5. The lowest BCUT2D eigenvalue weighted by Gasteiger charge is -2.16. The van der Waals surface area contributed by atoms with Crippen molar-refractivity contribution in [3.8, 4) is 0 Å². The van der Waals surface area contributed by atoms with Crippen LogP contribution in [0.25, 0.3) is 0 Å². The van der Waals surface area contributed by atoms with Gasteiger partial charge in [0.1, 0.15) is 0 Å². The molecule has 0 radical (unpaired) electrons. The van der Waals surface area contributed by atoms with Crippen molar-refractivity contribution in [2.24, 2.45) is 0 Å². The fourth-order valence-electron chi connectivity index (χ4n) is 1.39. The number of hydrogen-bond donors (Lipinski definition) is 1. The Morgan fingerprint density at radius 2 is 1.81 bits per heavy atom.